The Labute approximate surface area is 151 Å². The number of rotatable bonds is 5. The van der Waals surface area contributed by atoms with Crippen LogP contribution in [0, 0.1) is 0 Å². The number of likely N-dealkylation sites (tertiary alicyclic amines) is 1. The van der Waals surface area contributed by atoms with Crippen LogP contribution in [-0.2, 0) is 4.79 Å². The zero-order valence-corrected chi connectivity index (χ0v) is 15.8. The van der Waals surface area contributed by atoms with Crippen molar-refractivity contribution < 1.29 is 9.59 Å². The number of amides is 3. The molecule has 1 unspecified atom stereocenters. The summed E-state index contributed by atoms with van der Waals surface area (Å²) in [6, 6.07) is 8.64. The summed E-state index contributed by atoms with van der Waals surface area (Å²) in [6.45, 7) is 5.95. The summed E-state index contributed by atoms with van der Waals surface area (Å²) < 4.78 is 1.11. The van der Waals surface area contributed by atoms with Gasteiger partial charge in [0.05, 0.1) is 0 Å². The smallest absolute Gasteiger partial charge is 0.324 e. The Morgan fingerprint density at radius 2 is 2.08 bits per heavy atom. The quantitative estimate of drug-likeness (QED) is 0.780. The molecule has 1 aromatic rings. The van der Waals surface area contributed by atoms with Crippen LogP contribution in [0.3, 0.4) is 0 Å². The van der Waals surface area contributed by atoms with E-state index in [1.54, 1.807) is 13.8 Å². The second-order valence-electron chi connectivity index (χ2n) is 7.11. The molecule has 2 aliphatic rings. The molecule has 1 atom stereocenters. The molecule has 0 bridgehead atoms. The van der Waals surface area contributed by atoms with Crippen molar-refractivity contribution in [1.29, 1.82) is 0 Å². The van der Waals surface area contributed by atoms with Crippen molar-refractivity contribution >= 4 is 27.9 Å². The van der Waals surface area contributed by atoms with Crippen LogP contribution in [0.4, 0.5) is 4.79 Å². The average Bonchev–Trinajstić information content (AvgIpc) is 3.05. The van der Waals surface area contributed by atoms with Gasteiger partial charge in [0.1, 0.15) is 5.54 Å². The van der Waals surface area contributed by atoms with Gasteiger partial charge in [-0.25, -0.2) is 4.79 Å². The second-order valence-corrected chi connectivity index (χ2v) is 8.03. The molecule has 2 aliphatic heterocycles. The van der Waals surface area contributed by atoms with Gasteiger partial charge in [0.2, 0.25) is 0 Å². The van der Waals surface area contributed by atoms with E-state index >= 15 is 0 Å². The van der Waals surface area contributed by atoms with Crippen molar-refractivity contribution in [3.05, 3.63) is 34.3 Å². The molecule has 1 N–H and O–H groups in total. The summed E-state index contributed by atoms with van der Waals surface area (Å²) in [7, 11) is 0. The van der Waals surface area contributed by atoms with Crippen LogP contribution in [-0.4, -0.2) is 46.9 Å². The van der Waals surface area contributed by atoms with Gasteiger partial charge >= 0.3 is 6.03 Å². The summed E-state index contributed by atoms with van der Waals surface area (Å²) in [5.74, 6) is -0.127. The van der Waals surface area contributed by atoms with Gasteiger partial charge in [-0.15, -0.1) is 0 Å². The van der Waals surface area contributed by atoms with Crippen molar-refractivity contribution in [1.82, 2.24) is 15.1 Å². The normalized spacial score (nSPS) is 23.8. The third-order valence-corrected chi connectivity index (χ3v) is 5.36. The van der Waals surface area contributed by atoms with E-state index in [2.05, 4.69) is 44.3 Å². The van der Waals surface area contributed by atoms with E-state index < -0.39 is 5.54 Å². The zero-order valence-electron chi connectivity index (χ0n) is 14.2. The molecule has 0 aliphatic carbocycles. The first kappa shape index (κ1) is 17.4. The van der Waals surface area contributed by atoms with Crippen molar-refractivity contribution in [2.75, 3.05) is 19.6 Å². The lowest BCUT2D eigenvalue weighted by molar-refractivity contribution is -0.130. The monoisotopic (exact) mass is 393 g/mol. The molecule has 3 amide bonds. The number of imide groups is 1. The Balaban J connectivity index is 1.57. The molecule has 0 saturated carbocycles. The Hall–Kier alpha value is -1.40. The lowest BCUT2D eigenvalue weighted by Crippen LogP contribution is -2.40. The van der Waals surface area contributed by atoms with Crippen molar-refractivity contribution in [3.8, 4) is 0 Å². The fraction of sp³-hybridized carbons (Fsp3) is 0.556. The predicted octanol–water partition coefficient (Wildman–Crippen LogP) is 3.31. The first-order valence-electron chi connectivity index (χ1n) is 8.52. The molecule has 5 nitrogen and oxygen atoms in total. The highest BCUT2D eigenvalue weighted by Crippen LogP contribution is 2.33. The van der Waals surface area contributed by atoms with Gasteiger partial charge in [-0.3, -0.25) is 14.6 Å². The second kappa shape index (κ2) is 6.84. The topological polar surface area (TPSA) is 52.7 Å². The first-order chi connectivity index (χ1) is 11.4. The zero-order chi connectivity index (χ0) is 17.3. The molecule has 24 heavy (non-hydrogen) atoms. The molecule has 0 aromatic heterocycles. The number of benzene rings is 1. The molecular formula is C18H24BrN3O2. The van der Waals surface area contributed by atoms with Crippen LogP contribution in [0.2, 0.25) is 0 Å². The van der Waals surface area contributed by atoms with E-state index in [1.807, 2.05) is 6.07 Å². The summed E-state index contributed by atoms with van der Waals surface area (Å²) in [6.07, 6.45) is 3.15. The van der Waals surface area contributed by atoms with E-state index in [1.165, 1.54) is 16.9 Å². The Morgan fingerprint density at radius 3 is 2.75 bits per heavy atom. The van der Waals surface area contributed by atoms with Crippen molar-refractivity contribution in [3.63, 3.8) is 0 Å². The molecule has 0 spiro atoms. The van der Waals surface area contributed by atoms with Gasteiger partial charge in [0, 0.05) is 23.6 Å². The van der Waals surface area contributed by atoms with Crippen LogP contribution in [0.15, 0.2) is 28.7 Å². The SMILES string of the molecule is CC1(C)NC(=O)N(CCCN2CCCC2c2cccc(Br)c2)C1=O. The van der Waals surface area contributed by atoms with Crippen LogP contribution in [0.1, 0.15) is 44.7 Å². The van der Waals surface area contributed by atoms with E-state index in [9.17, 15) is 9.59 Å². The molecule has 130 valence electrons. The number of halogens is 1. The number of nitrogens with one attached hydrogen (secondary N) is 1. The average molecular weight is 394 g/mol. The molecule has 1 aromatic carbocycles. The summed E-state index contributed by atoms with van der Waals surface area (Å²) in [5.41, 5.74) is 0.557. The Bertz CT molecular complexity index is 647. The molecule has 0 radical (unpaired) electrons. The minimum Gasteiger partial charge on any atom is -0.324 e. The molecule has 2 saturated heterocycles. The number of carbonyl (C=O) groups excluding carboxylic acids is 2. The van der Waals surface area contributed by atoms with Crippen LogP contribution in [0.25, 0.3) is 0 Å². The maximum atomic E-state index is 12.2. The third-order valence-electron chi connectivity index (χ3n) is 4.87. The fourth-order valence-electron chi connectivity index (χ4n) is 3.64. The van der Waals surface area contributed by atoms with Gasteiger partial charge in [-0.1, -0.05) is 28.1 Å². The maximum absolute atomic E-state index is 12.2. The van der Waals surface area contributed by atoms with E-state index in [0.29, 0.717) is 12.6 Å². The number of carbonyl (C=O) groups is 2. The van der Waals surface area contributed by atoms with Crippen LogP contribution in [0.5, 0.6) is 0 Å². The Morgan fingerprint density at radius 1 is 1.29 bits per heavy atom. The molecule has 2 fully saturated rings. The minimum atomic E-state index is -0.774. The number of nitrogens with zero attached hydrogens (tertiary/aromatic N) is 2. The fourth-order valence-corrected chi connectivity index (χ4v) is 4.05. The summed E-state index contributed by atoms with van der Waals surface area (Å²) in [5, 5.41) is 2.73. The minimum absolute atomic E-state index is 0.127. The van der Waals surface area contributed by atoms with Gasteiger partial charge in [0.15, 0.2) is 0 Å². The van der Waals surface area contributed by atoms with Crippen molar-refractivity contribution in [2.24, 2.45) is 0 Å². The van der Waals surface area contributed by atoms with Gasteiger partial charge in [-0.2, -0.15) is 0 Å². The largest absolute Gasteiger partial charge is 0.325 e. The lowest BCUT2D eigenvalue weighted by atomic mass is 10.0. The number of hydrogen-bond acceptors (Lipinski definition) is 3. The number of urea groups is 1. The molecule has 2 heterocycles. The van der Waals surface area contributed by atoms with E-state index in [-0.39, 0.29) is 11.9 Å². The highest BCUT2D eigenvalue weighted by Gasteiger charge is 2.43. The molecule has 6 heteroatoms. The van der Waals surface area contributed by atoms with Gasteiger partial charge in [0.25, 0.3) is 5.91 Å². The van der Waals surface area contributed by atoms with Gasteiger partial charge < -0.3 is 5.32 Å². The number of hydrogen-bond donors (Lipinski definition) is 1. The standard InChI is InChI=1S/C18H24BrN3O2/c1-18(2)16(23)22(17(24)20-18)11-5-10-21-9-4-8-15(21)13-6-3-7-14(19)12-13/h3,6-7,12,15H,4-5,8-11H2,1-2H3,(H,20,24). The van der Waals surface area contributed by atoms with Crippen molar-refractivity contribution in [2.45, 2.75) is 44.7 Å². The van der Waals surface area contributed by atoms with E-state index in [4.69, 9.17) is 0 Å². The van der Waals surface area contributed by atoms with Crippen LogP contribution >= 0.6 is 15.9 Å². The van der Waals surface area contributed by atoms with Crippen LogP contribution < -0.4 is 5.32 Å². The van der Waals surface area contributed by atoms with E-state index in [0.717, 1.165) is 30.4 Å². The summed E-state index contributed by atoms with van der Waals surface area (Å²) >= 11 is 3.54. The highest BCUT2D eigenvalue weighted by atomic mass is 79.9. The van der Waals surface area contributed by atoms with Gasteiger partial charge in [-0.05, 0) is 57.4 Å². The molecular weight excluding hydrogens is 370 g/mol. The first-order valence-corrected chi connectivity index (χ1v) is 9.31. The maximum Gasteiger partial charge on any atom is 0.325 e. The predicted molar refractivity (Wildman–Crippen MR) is 96.6 cm³/mol. The lowest BCUT2D eigenvalue weighted by Gasteiger charge is -2.25. The summed E-state index contributed by atoms with van der Waals surface area (Å²) in [4.78, 5) is 28.0. The highest BCUT2D eigenvalue weighted by molar-refractivity contribution is 9.10. The third kappa shape index (κ3) is 3.49. The molecule has 3 rings (SSSR count). The Kier molecular flexibility index (Phi) is 4.97.